The largest absolute Gasteiger partial charge is 0.456 e. The molecule has 0 aliphatic rings. The molecule has 8 aromatic carbocycles. The molecule has 0 unspecified atom stereocenters. The van der Waals surface area contributed by atoms with E-state index in [2.05, 4.69) is 152 Å². The molecule has 0 spiro atoms. The van der Waals surface area contributed by atoms with Crippen molar-refractivity contribution >= 4 is 77.6 Å². The average molecular weight is 653 g/mol. The van der Waals surface area contributed by atoms with Crippen molar-refractivity contribution in [3.05, 3.63) is 169 Å². The molecule has 0 radical (unpaired) electrons. The summed E-state index contributed by atoms with van der Waals surface area (Å²) in [7, 11) is 0. The van der Waals surface area contributed by atoms with Gasteiger partial charge in [0.25, 0.3) is 0 Å². The minimum atomic E-state index is 0.834. The Labute approximate surface area is 295 Å². The Balaban J connectivity index is 1.27. The summed E-state index contributed by atoms with van der Waals surface area (Å²) in [5, 5.41) is 9.19. The summed E-state index contributed by atoms with van der Waals surface area (Å²) in [6, 6.07) is 52.0. The molecular formula is C49H32O2. The summed E-state index contributed by atoms with van der Waals surface area (Å²) in [5.41, 5.74) is 12.5. The van der Waals surface area contributed by atoms with Crippen LogP contribution in [0.1, 0.15) is 18.1 Å². The van der Waals surface area contributed by atoms with E-state index in [-0.39, 0.29) is 0 Å². The molecular weight excluding hydrogens is 621 g/mol. The lowest BCUT2D eigenvalue weighted by Crippen LogP contribution is -1.91. The molecule has 0 aliphatic heterocycles. The SMILES string of the molecule is C=Cc1cc2c(cc1/C=C\C)oc1cc(-c3cccc(-c4c5ccccc5c(-c5ccccc5)c5ccccc45)c3)c3oc4ccccc4c3c12. The molecule has 2 aromatic heterocycles. The topological polar surface area (TPSA) is 26.3 Å². The van der Waals surface area contributed by atoms with E-state index in [4.69, 9.17) is 8.83 Å². The number of furan rings is 2. The quantitative estimate of drug-likeness (QED) is 0.173. The van der Waals surface area contributed by atoms with Gasteiger partial charge in [0, 0.05) is 27.1 Å². The van der Waals surface area contributed by atoms with E-state index in [1.807, 2.05) is 25.1 Å². The first-order valence-electron chi connectivity index (χ1n) is 17.4. The first-order valence-corrected chi connectivity index (χ1v) is 17.4. The molecule has 0 N–H and O–H groups in total. The molecule has 0 fully saturated rings. The van der Waals surface area contributed by atoms with Gasteiger partial charge in [-0.05, 0) is 97.7 Å². The van der Waals surface area contributed by atoms with Crippen LogP contribution in [0, 0.1) is 0 Å². The van der Waals surface area contributed by atoms with Crippen molar-refractivity contribution in [3.63, 3.8) is 0 Å². The van der Waals surface area contributed by atoms with Crippen molar-refractivity contribution in [3.8, 4) is 33.4 Å². The van der Waals surface area contributed by atoms with Gasteiger partial charge in [-0.1, -0.05) is 140 Å². The Morgan fingerprint density at radius 1 is 0.451 bits per heavy atom. The molecule has 2 heteroatoms. The summed E-state index contributed by atoms with van der Waals surface area (Å²) in [4.78, 5) is 0. The number of benzene rings is 8. The summed E-state index contributed by atoms with van der Waals surface area (Å²) >= 11 is 0. The summed E-state index contributed by atoms with van der Waals surface area (Å²) in [6.07, 6.45) is 6.06. The lowest BCUT2D eigenvalue weighted by Gasteiger charge is -2.18. The van der Waals surface area contributed by atoms with Crippen molar-refractivity contribution in [1.29, 1.82) is 0 Å². The first-order chi connectivity index (χ1) is 25.2. The van der Waals surface area contributed by atoms with E-state index in [1.165, 1.54) is 38.2 Å². The molecule has 2 heterocycles. The van der Waals surface area contributed by atoms with E-state index >= 15 is 0 Å². The van der Waals surface area contributed by atoms with Gasteiger partial charge >= 0.3 is 0 Å². The Morgan fingerprint density at radius 3 is 1.75 bits per heavy atom. The highest BCUT2D eigenvalue weighted by Gasteiger charge is 2.22. The van der Waals surface area contributed by atoms with Crippen LogP contribution in [0.4, 0.5) is 0 Å². The van der Waals surface area contributed by atoms with Gasteiger partial charge in [0.15, 0.2) is 0 Å². The molecule has 10 rings (SSSR count). The van der Waals surface area contributed by atoms with Crippen LogP contribution < -0.4 is 0 Å². The Kier molecular flexibility index (Phi) is 6.59. The summed E-state index contributed by atoms with van der Waals surface area (Å²) < 4.78 is 13.5. The minimum Gasteiger partial charge on any atom is -0.456 e. The lowest BCUT2D eigenvalue weighted by molar-refractivity contribution is 0.663. The maximum atomic E-state index is 6.76. The molecule has 0 amide bonds. The van der Waals surface area contributed by atoms with Crippen LogP contribution in [0.3, 0.4) is 0 Å². The van der Waals surface area contributed by atoms with Crippen LogP contribution >= 0.6 is 0 Å². The highest BCUT2D eigenvalue weighted by atomic mass is 16.3. The van der Waals surface area contributed by atoms with Gasteiger partial charge < -0.3 is 8.83 Å². The number of hydrogen-bond acceptors (Lipinski definition) is 2. The number of para-hydroxylation sites is 1. The molecule has 0 saturated carbocycles. The van der Waals surface area contributed by atoms with Gasteiger partial charge in [0.05, 0.1) is 0 Å². The normalized spacial score (nSPS) is 12.0. The van der Waals surface area contributed by atoms with Gasteiger partial charge in [-0.2, -0.15) is 0 Å². The maximum Gasteiger partial charge on any atom is 0.144 e. The second-order valence-electron chi connectivity index (χ2n) is 13.2. The first kappa shape index (κ1) is 29.3. The molecule has 0 bridgehead atoms. The predicted molar refractivity (Wildman–Crippen MR) is 217 cm³/mol. The fraction of sp³-hybridized carbons (Fsp3) is 0.0204. The summed E-state index contributed by atoms with van der Waals surface area (Å²) in [5.74, 6) is 0. The third-order valence-electron chi connectivity index (χ3n) is 10.3. The van der Waals surface area contributed by atoms with Gasteiger partial charge in [0.1, 0.15) is 22.3 Å². The van der Waals surface area contributed by atoms with Crippen LogP contribution in [0.25, 0.3) is 111 Å². The molecule has 2 nitrogen and oxygen atoms in total. The van der Waals surface area contributed by atoms with E-state index in [0.717, 1.165) is 71.7 Å². The summed E-state index contributed by atoms with van der Waals surface area (Å²) in [6.45, 7) is 6.14. The van der Waals surface area contributed by atoms with Crippen molar-refractivity contribution in [1.82, 2.24) is 0 Å². The Hall–Kier alpha value is -6.64. The molecule has 0 atom stereocenters. The zero-order chi connectivity index (χ0) is 34.1. The molecule has 240 valence electrons. The standard InChI is InChI=1S/C49H32O2/c1-3-15-32-28-43-41(27-30(32)4-2)47-44(50-43)29-40(49-48(47)39-24-12-13-25-42(39)51-49)33-18-14-19-34(26-33)46-37-22-10-8-20-35(37)45(31-16-6-5-7-17-31)36-21-9-11-23-38(36)46/h3-29H,2H2,1H3/b15-3-. The smallest absolute Gasteiger partial charge is 0.144 e. The zero-order valence-electron chi connectivity index (χ0n) is 28.1. The highest BCUT2D eigenvalue weighted by molar-refractivity contribution is 6.29. The number of hydrogen-bond donors (Lipinski definition) is 0. The lowest BCUT2D eigenvalue weighted by atomic mass is 9.85. The molecule has 0 aliphatic carbocycles. The van der Waals surface area contributed by atoms with Crippen molar-refractivity contribution in [2.75, 3.05) is 0 Å². The molecule has 51 heavy (non-hydrogen) atoms. The number of fused-ring (bicyclic) bond motifs is 9. The second kappa shape index (κ2) is 11.5. The Bertz CT molecular complexity index is 2990. The van der Waals surface area contributed by atoms with E-state index in [1.54, 1.807) is 0 Å². The van der Waals surface area contributed by atoms with Crippen LogP contribution in [-0.4, -0.2) is 0 Å². The Morgan fingerprint density at radius 2 is 1.06 bits per heavy atom. The van der Waals surface area contributed by atoms with Gasteiger partial charge in [-0.3, -0.25) is 0 Å². The monoisotopic (exact) mass is 652 g/mol. The van der Waals surface area contributed by atoms with Crippen LogP contribution in [-0.2, 0) is 0 Å². The van der Waals surface area contributed by atoms with Gasteiger partial charge in [-0.25, -0.2) is 0 Å². The third-order valence-corrected chi connectivity index (χ3v) is 10.3. The minimum absolute atomic E-state index is 0.834. The maximum absolute atomic E-state index is 6.76. The highest BCUT2D eigenvalue weighted by Crippen LogP contribution is 2.47. The average Bonchev–Trinajstić information content (AvgIpc) is 3.74. The third kappa shape index (κ3) is 4.43. The number of allylic oxidation sites excluding steroid dienone is 1. The van der Waals surface area contributed by atoms with Crippen molar-refractivity contribution < 1.29 is 8.83 Å². The molecule has 0 saturated heterocycles. The van der Waals surface area contributed by atoms with E-state index in [9.17, 15) is 0 Å². The van der Waals surface area contributed by atoms with Crippen molar-refractivity contribution in [2.24, 2.45) is 0 Å². The molecule has 10 aromatic rings. The van der Waals surface area contributed by atoms with Crippen molar-refractivity contribution in [2.45, 2.75) is 6.92 Å². The zero-order valence-corrected chi connectivity index (χ0v) is 28.1. The number of rotatable bonds is 5. The van der Waals surface area contributed by atoms with Crippen LogP contribution in [0.15, 0.2) is 167 Å². The van der Waals surface area contributed by atoms with Crippen LogP contribution in [0.2, 0.25) is 0 Å². The van der Waals surface area contributed by atoms with Gasteiger partial charge in [-0.15, -0.1) is 0 Å². The predicted octanol–water partition coefficient (Wildman–Crippen LogP) is 14.5. The fourth-order valence-corrected chi connectivity index (χ4v) is 8.15. The van der Waals surface area contributed by atoms with E-state index < -0.39 is 0 Å². The second-order valence-corrected chi connectivity index (χ2v) is 13.2. The fourth-order valence-electron chi connectivity index (χ4n) is 8.15. The van der Waals surface area contributed by atoms with E-state index in [0.29, 0.717) is 0 Å². The van der Waals surface area contributed by atoms with Crippen LogP contribution in [0.5, 0.6) is 0 Å². The van der Waals surface area contributed by atoms with Gasteiger partial charge in [0.2, 0.25) is 0 Å².